The van der Waals surface area contributed by atoms with Gasteiger partial charge in [-0.3, -0.25) is 4.99 Å². The van der Waals surface area contributed by atoms with Gasteiger partial charge in [-0.25, -0.2) is 0 Å². The van der Waals surface area contributed by atoms with Crippen LogP contribution >= 0.6 is 0 Å². The van der Waals surface area contributed by atoms with E-state index in [9.17, 15) is 0 Å². The predicted octanol–water partition coefficient (Wildman–Crippen LogP) is 2.34. The van der Waals surface area contributed by atoms with E-state index in [1.165, 1.54) is 11.1 Å². The Morgan fingerprint density at radius 2 is 2.36 bits per heavy atom. The van der Waals surface area contributed by atoms with Crippen molar-refractivity contribution in [1.82, 2.24) is 0 Å². The number of benzene rings is 1. The Hall–Kier alpha value is -1.80. The van der Waals surface area contributed by atoms with E-state index in [1.807, 2.05) is 24.4 Å². The van der Waals surface area contributed by atoms with Gasteiger partial charge in [-0.15, -0.1) is 0 Å². The third-order valence-corrected chi connectivity index (χ3v) is 2.29. The molecule has 2 rings (SSSR count). The highest BCUT2D eigenvalue weighted by Gasteiger charge is 2.12. The summed E-state index contributed by atoms with van der Waals surface area (Å²) < 4.78 is 0. The number of hydrogen-bond acceptors (Lipinski definition) is 2. The van der Waals surface area contributed by atoms with E-state index >= 15 is 0 Å². The zero-order valence-corrected chi connectivity index (χ0v) is 7.67. The Bertz CT molecular complexity index is 404. The minimum Gasteiger partial charge on any atom is -0.289 e. The van der Waals surface area contributed by atoms with Crippen LogP contribution in [0.5, 0.6) is 0 Å². The largest absolute Gasteiger partial charge is 0.289 e. The van der Waals surface area contributed by atoms with Crippen molar-refractivity contribution in [3.05, 3.63) is 45.8 Å². The van der Waals surface area contributed by atoms with Crippen LogP contribution in [0.25, 0.3) is 10.4 Å². The second-order valence-electron chi connectivity index (χ2n) is 3.25. The summed E-state index contributed by atoms with van der Waals surface area (Å²) in [7, 11) is 0. The second-order valence-corrected chi connectivity index (χ2v) is 3.25. The van der Waals surface area contributed by atoms with Crippen molar-refractivity contribution in [3.8, 4) is 0 Å². The van der Waals surface area contributed by atoms with Crippen molar-refractivity contribution >= 4 is 6.21 Å². The molecular formula is C10H10N4. The molecule has 1 aromatic rings. The lowest BCUT2D eigenvalue weighted by molar-refractivity contribution is 0.673. The van der Waals surface area contributed by atoms with Gasteiger partial charge in [0.1, 0.15) is 0 Å². The van der Waals surface area contributed by atoms with Gasteiger partial charge in [0.05, 0.1) is 6.04 Å². The quantitative estimate of drug-likeness (QED) is 0.386. The Morgan fingerprint density at radius 1 is 1.50 bits per heavy atom. The fraction of sp³-hybridized carbons (Fsp3) is 0.300. The number of fused-ring (bicyclic) bond motifs is 1. The molecule has 14 heavy (non-hydrogen) atoms. The van der Waals surface area contributed by atoms with Gasteiger partial charge >= 0.3 is 0 Å². The van der Waals surface area contributed by atoms with Gasteiger partial charge in [0.25, 0.3) is 0 Å². The van der Waals surface area contributed by atoms with Crippen LogP contribution in [-0.4, -0.2) is 18.8 Å². The zero-order chi connectivity index (χ0) is 9.80. The topological polar surface area (TPSA) is 61.1 Å². The van der Waals surface area contributed by atoms with E-state index < -0.39 is 0 Å². The molecule has 1 aliphatic rings. The molecule has 0 radical (unpaired) electrons. The van der Waals surface area contributed by atoms with Crippen LogP contribution in [-0.2, 0) is 6.42 Å². The van der Waals surface area contributed by atoms with Gasteiger partial charge in [-0.05, 0) is 23.1 Å². The molecule has 1 heterocycles. The highest BCUT2D eigenvalue weighted by Crippen LogP contribution is 2.15. The lowest BCUT2D eigenvalue weighted by atomic mass is 9.98. The summed E-state index contributed by atoms with van der Waals surface area (Å²) in [5, 5.41) is 3.54. The molecule has 0 amide bonds. The molecule has 4 nitrogen and oxygen atoms in total. The molecule has 0 bridgehead atoms. The van der Waals surface area contributed by atoms with E-state index in [0.29, 0.717) is 6.54 Å². The third-order valence-electron chi connectivity index (χ3n) is 2.29. The molecule has 0 aromatic heterocycles. The van der Waals surface area contributed by atoms with E-state index in [4.69, 9.17) is 5.53 Å². The first kappa shape index (κ1) is 8.78. The lowest BCUT2D eigenvalue weighted by Crippen LogP contribution is -2.17. The summed E-state index contributed by atoms with van der Waals surface area (Å²) in [5.41, 5.74) is 10.6. The number of hydrogen-bond donors (Lipinski definition) is 0. The SMILES string of the molecule is [N-]=[N+]=NC[C@@H]1Cc2ccccc2C=N1. The van der Waals surface area contributed by atoms with Gasteiger partial charge < -0.3 is 0 Å². The van der Waals surface area contributed by atoms with Crippen LogP contribution in [0.2, 0.25) is 0 Å². The van der Waals surface area contributed by atoms with Crippen molar-refractivity contribution in [1.29, 1.82) is 0 Å². The molecule has 0 saturated heterocycles. The third kappa shape index (κ3) is 1.75. The minimum atomic E-state index is 0.112. The van der Waals surface area contributed by atoms with Crippen LogP contribution < -0.4 is 0 Å². The zero-order valence-electron chi connectivity index (χ0n) is 7.67. The van der Waals surface area contributed by atoms with Crippen LogP contribution in [0, 0.1) is 0 Å². The first-order chi connectivity index (χ1) is 6.90. The Kier molecular flexibility index (Phi) is 2.47. The molecule has 0 N–H and O–H groups in total. The Labute approximate surface area is 81.9 Å². The Morgan fingerprint density at radius 3 is 3.21 bits per heavy atom. The number of aliphatic imine (C=N–C) groups is 1. The minimum absolute atomic E-state index is 0.112. The van der Waals surface area contributed by atoms with Crippen molar-refractivity contribution in [2.24, 2.45) is 10.1 Å². The second kappa shape index (κ2) is 3.94. The van der Waals surface area contributed by atoms with Crippen LogP contribution in [0.1, 0.15) is 11.1 Å². The standard InChI is InChI=1S/C10H10N4/c11-14-13-7-10-5-8-3-1-2-4-9(8)6-12-10/h1-4,6,10H,5,7H2/t10-/m0/s1. The van der Waals surface area contributed by atoms with Crippen molar-refractivity contribution in [3.63, 3.8) is 0 Å². The molecular weight excluding hydrogens is 176 g/mol. The van der Waals surface area contributed by atoms with Crippen molar-refractivity contribution < 1.29 is 0 Å². The first-order valence-corrected chi connectivity index (χ1v) is 4.52. The van der Waals surface area contributed by atoms with E-state index in [0.717, 1.165) is 6.42 Å². The molecule has 4 heteroatoms. The van der Waals surface area contributed by atoms with Gasteiger partial charge in [0.15, 0.2) is 0 Å². The van der Waals surface area contributed by atoms with Gasteiger partial charge in [0.2, 0.25) is 0 Å². The maximum atomic E-state index is 8.20. The number of nitrogens with zero attached hydrogens (tertiary/aromatic N) is 4. The fourth-order valence-electron chi connectivity index (χ4n) is 1.58. The van der Waals surface area contributed by atoms with E-state index in [-0.39, 0.29) is 6.04 Å². The monoisotopic (exact) mass is 186 g/mol. The molecule has 1 atom stereocenters. The highest BCUT2D eigenvalue weighted by molar-refractivity contribution is 5.83. The normalized spacial score (nSPS) is 18.4. The van der Waals surface area contributed by atoms with E-state index in [2.05, 4.69) is 21.1 Å². The maximum Gasteiger partial charge on any atom is 0.0596 e. The van der Waals surface area contributed by atoms with E-state index in [1.54, 1.807) is 0 Å². The summed E-state index contributed by atoms with van der Waals surface area (Å²) in [6.45, 7) is 0.446. The number of azide groups is 1. The van der Waals surface area contributed by atoms with Crippen LogP contribution in [0.3, 0.4) is 0 Å². The molecule has 1 aromatic carbocycles. The van der Waals surface area contributed by atoms with Gasteiger partial charge in [0, 0.05) is 17.7 Å². The molecule has 0 saturated carbocycles. The highest BCUT2D eigenvalue weighted by atomic mass is 15.1. The maximum absolute atomic E-state index is 8.20. The number of rotatable bonds is 2. The van der Waals surface area contributed by atoms with Crippen molar-refractivity contribution in [2.45, 2.75) is 12.5 Å². The van der Waals surface area contributed by atoms with Crippen LogP contribution in [0.4, 0.5) is 0 Å². The first-order valence-electron chi connectivity index (χ1n) is 4.52. The average Bonchev–Trinajstić information content (AvgIpc) is 2.26. The summed E-state index contributed by atoms with van der Waals surface area (Å²) >= 11 is 0. The van der Waals surface area contributed by atoms with Gasteiger partial charge in [-0.2, -0.15) is 0 Å². The summed E-state index contributed by atoms with van der Waals surface area (Å²) in [4.78, 5) is 7.06. The average molecular weight is 186 g/mol. The molecule has 0 unspecified atom stereocenters. The molecule has 0 aliphatic carbocycles. The van der Waals surface area contributed by atoms with Crippen LogP contribution in [0.15, 0.2) is 34.4 Å². The molecule has 70 valence electrons. The predicted molar refractivity (Wildman–Crippen MR) is 55.5 cm³/mol. The van der Waals surface area contributed by atoms with Crippen molar-refractivity contribution in [2.75, 3.05) is 6.54 Å². The Balaban J connectivity index is 2.17. The fourth-order valence-corrected chi connectivity index (χ4v) is 1.58. The summed E-state index contributed by atoms with van der Waals surface area (Å²) in [6.07, 6.45) is 2.72. The molecule has 0 fully saturated rings. The molecule has 0 spiro atoms. The van der Waals surface area contributed by atoms with Gasteiger partial charge in [-0.1, -0.05) is 29.4 Å². The summed E-state index contributed by atoms with van der Waals surface area (Å²) in [6, 6.07) is 8.26. The summed E-state index contributed by atoms with van der Waals surface area (Å²) in [5.74, 6) is 0. The lowest BCUT2D eigenvalue weighted by Gasteiger charge is -2.16. The smallest absolute Gasteiger partial charge is 0.0596 e. The molecule has 1 aliphatic heterocycles.